The van der Waals surface area contributed by atoms with Gasteiger partial charge in [0.25, 0.3) is 0 Å². The van der Waals surface area contributed by atoms with E-state index in [1.807, 2.05) is 0 Å². The molecular weight excluding hydrogens is 260 g/mol. The Morgan fingerprint density at radius 1 is 1.05 bits per heavy atom. The average molecular weight is 299 g/mol. The van der Waals surface area contributed by atoms with Crippen molar-refractivity contribution in [3.63, 3.8) is 0 Å². The molecule has 1 aliphatic rings. The Hall–Kier alpha value is -0.120. The molecule has 0 aromatic carbocycles. The summed E-state index contributed by atoms with van der Waals surface area (Å²) in [4.78, 5) is 2.57. The minimum absolute atomic E-state index is 0.286. The van der Waals surface area contributed by atoms with Crippen LogP contribution in [0.5, 0.6) is 0 Å². The van der Waals surface area contributed by atoms with Crippen LogP contribution in [0.2, 0.25) is 0 Å². The molecule has 0 radical (unpaired) electrons. The van der Waals surface area contributed by atoms with E-state index < -0.39 is 0 Å². The highest BCUT2D eigenvalue weighted by Crippen LogP contribution is 2.36. The lowest BCUT2D eigenvalue weighted by Crippen LogP contribution is -2.48. The van der Waals surface area contributed by atoms with E-state index in [1.54, 1.807) is 0 Å². The van der Waals surface area contributed by atoms with Crippen molar-refractivity contribution in [1.29, 1.82) is 0 Å². The minimum Gasteiger partial charge on any atom is -0.395 e. The Morgan fingerprint density at radius 2 is 1.67 bits per heavy atom. The van der Waals surface area contributed by atoms with Gasteiger partial charge in [0.2, 0.25) is 0 Å². The highest BCUT2D eigenvalue weighted by atomic mass is 16.3. The molecule has 0 aromatic heterocycles. The maximum Gasteiger partial charge on any atom is 0.0558 e. The van der Waals surface area contributed by atoms with Crippen molar-refractivity contribution in [3.05, 3.63) is 0 Å². The second-order valence-electron chi connectivity index (χ2n) is 6.86. The first-order chi connectivity index (χ1) is 10.2. The molecule has 0 aliphatic heterocycles. The summed E-state index contributed by atoms with van der Waals surface area (Å²) in [6.07, 6.45) is 10.6. The number of nitrogens with one attached hydrogen (secondary N) is 1. The van der Waals surface area contributed by atoms with E-state index in [9.17, 15) is 5.11 Å². The molecule has 3 heteroatoms. The third kappa shape index (κ3) is 6.25. The monoisotopic (exact) mass is 298 g/mol. The first-order valence-corrected chi connectivity index (χ1v) is 9.27. The van der Waals surface area contributed by atoms with Gasteiger partial charge in [0.15, 0.2) is 0 Å². The van der Waals surface area contributed by atoms with Crippen LogP contribution >= 0.6 is 0 Å². The summed E-state index contributed by atoms with van der Waals surface area (Å²) in [5.74, 6) is 0. The maximum absolute atomic E-state index is 9.46. The molecule has 0 atom stereocenters. The number of aliphatic hydroxyl groups excluding tert-OH is 1. The molecule has 0 unspecified atom stereocenters. The van der Waals surface area contributed by atoms with Crippen molar-refractivity contribution in [2.75, 3.05) is 32.8 Å². The van der Waals surface area contributed by atoms with Crippen LogP contribution in [0.1, 0.15) is 72.1 Å². The molecular formula is C18H38N2O. The van der Waals surface area contributed by atoms with Crippen LogP contribution in [0.15, 0.2) is 0 Å². The fourth-order valence-corrected chi connectivity index (χ4v) is 4.01. The second-order valence-corrected chi connectivity index (χ2v) is 6.86. The minimum atomic E-state index is 0.286. The Balaban J connectivity index is 2.78. The Bertz CT molecular complexity index is 246. The maximum atomic E-state index is 9.46. The Kier molecular flexibility index (Phi) is 9.54. The van der Waals surface area contributed by atoms with Crippen molar-refractivity contribution in [2.45, 2.75) is 78.2 Å². The highest BCUT2D eigenvalue weighted by molar-refractivity contribution is 4.88. The molecule has 0 amide bonds. The lowest BCUT2D eigenvalue weighted by Gasteiger charge is -2.41. The Labute approximate surface area is 132 Å². The number of hydrogen-bond acceptors (Lipinski definition) is 3. The van der Waals surface area contributed by atoms with E-state index in [0.717, 1.165) is 26.2 Å². The predicted molar refractivity (Wildman–Crippen MR) is 91.7 cm³/mol. The smallest absolute Gasteiger partial charge is 0.0558 e. The van der Waals surface area contributed by atoms with Gasteiger partial charge in [-0.05, 0) is 37.6 Å². The molecule has 21 heavy (non-hydrogen) atoms. The van der Waals surface area contributed by atoms with Gasteiger partial charge >= 0.3 is 0 Å². The molecule has 1 fully saturated rings. The molecule has 1 aliphatic carbocycles. The van der Waals surface area contributed by atoms with Crippen LogP contribution in [-0.2, 0) is 0 Å². The van der Waals surface area contributed by atoms with Gasteiger partial charge in [0, 0.05) is 25.7 Å². The van der Waals surface area contributed by atoms with Gasteiger partial charge in [-0.2, -0.15) is 0 Å². The number of nitrogens with zero attached hydrogens (tertiary/aromatic N) is 1. The molecule has 0 saturated heterocycles. The van der Waals surface area contributed by atoms with E-state index in [2.05, 4.69) is 31.0 Å². The van der Waals surface area contributed by atoms with Crippen molar-refractivity contribution < 1.29 is 5.11 Å². The SMILES string of the molecule is CCNCC1(CN(CCO)C(CC)CC)CCCCCC1. The zero-order chi connectivity index (χ0) is 15.6. The third-order valence-electron chi connectivity index (χ3n) is 5.30. The predicted octanol–water partition coefficient (Wildman–Crippen LogP) is 3.42. The molecule has 1 saturated carbocycles. The zero-order valence-electron chi connectivity index (χ0n) is 14.7. The summed E-state index contributed by atoms with van der Waals surface area (Å²) in [6.45, 7) is 11.3. The fourth-order valence-electron chi connectivity index (χ4n) is 4.01. The Morgan fingerprint density at radius 3 is 2.14 bits per heavy atom. The van der Waals surface area contributed by atoms with Crippen molar-refractivity contribution in [1.82, 2.24) is 10.2 Å². The van der Waals surface area contributed by atoms with E-state index in [1.165, 1.54) is 51.4 Å². The van der Waals surface area contributed by atoms with Crippen LogP contribution in [0.3, 0.4) is 0 Å². The topological polar surface area (TPSA) is 35.5 Å². The van der Waals surface area contributed by atoms with Gasteiger partial charge in [0.05, 0.1) is 6.61 Å². The van der Waals surface area contributed by atoms with Crippen molar-refractivity contribution in [3.8, 4) is 0 Å². The van der Waals surface area contributed by atoms with Crippen molar-refractivity contribution in [2.24, 2.45) is 5.41 Å². The lowest BCUT2D eigenvalue weighted by atomic mass is 9.79. The first-order valence-electron chi connectivity index (χ1n) is 9.27. The molecule has 3 nitrogen and oxygen atoms in total. The van der Waals surface area contributed by atoms with E-state index in [0.29, 0.717) is 11.5 Å². The fraction of sp³-hybridized carbons (Fsp3) is 1.00. The standard InChI is InChI=1S/C18H38N2O/c1-4-17(5-2)20(13-14-21)16-18(15-19-6-3)11-9-7-8-10-12-18/h17,19,21H,4-16H2,1-3H3. The molecule has 1 rings (SSSR count). The van der Waals surface area contributed by atoms with Crippen LogP contribution in [0, 0.1) is 5.41 Å². The normalized spacial score (nSPS) is 19.1. The zero-order valence-corrected chi connectivity index (χ0v) is 14.7. The molecule has 0 spiro atoms. The van der Waals surface area contributed by atoms with Gasteiger partial charge in [-0.15, -0.1) is 0 Å². The third-order valence-corrected chi connectivity index (χ3v) is 5.30. The van der Waals surface area contributed by atoms with Gasteiger partial charge in [-0.25, -0.2) is 0 Å². The summed E-state index contributed by atoms with van der Waals surface area (Å²) in [7, 11) is 0. The number of rotatable bonds is 10. The largest absolute Gasteiger partial charge is 0.395 e. The van der Waals surface area contributed by atoms with Crippen molar-refractivity contribution >= 4 is 0 Å². The van der Waals surface area contributed by atoms with E-state index in [4.69, 9.17) is 0 Å². The molecule has 0 aromatic rings. The summed E-state index contributed by atoms with van der Waals surface area (Å²) in [5, 5.41) is 13.1. The molecule has 2 N–H and O–H groups in total. The summed E-state index contributed by atoms with van der Waals surface area (Å²) in [6, 6.07) is 0.624. The van der Waals surface area contributed by atoms with E-state index in [-0.39, 0.29) is 6.61 Å². The quantitative estimate of drug-likeness (QED) is 0.607. The molecule has 0 heterocycles. The molecule has 126 valence electrons. The number of aliphatic hydroxyl groups is 1. The van der Waals surface area contributed by atoms with Crippen LogP contribution in [0.25, 0.3) is 0 Å². The average Bonchev–Trinajstić information content (AvgIpc) is 2.73. The summed E-state index contributed by atoms with van der Waals surface area (Å²) < 4.78 is 0. The first kappa shape index (κ1) is 18.9. The highest BCUT2D eigenvalue weighted by Gasteiger charge is 2.33. The van der Waals surface area contributed by atoms with Crippen LogP contribution < -0.4 is 5.32 Å². The van der Waals surface area contributed by atoms with Gasteiger partial charge in [-0.1, -0.05) is 46.5 Å². The van der Waals surface area contributed by atoms with Gasteiger partial charge in [0.1, 0.15) is 0 Å². The summed E-state index contributed by atoms with van der Waals surface area (Å²) >= 11 is 0. The van der Waals surface area contributed by atoms with Gasteiger partial charge in [-0.3, -0.25) is 4.90 Å². The van der Waals surface area contributed by atoms with Crippen LogP contribution in [-0.4, -0.2) is 48.8 Å². The second kappa shape index (κ2) is 10.6. The van der Waals surface area contributed by atoms with E-state index >= 15 is 0 Å². The number of hydrogen-bond donors (Lipinski definition) is 2. The van der Waals surface area contributed by atoms with Crippen LogP contribution in [0.4, 0.5) is 0 Å². The van der Waals surface area contributed by atoms with Gasteiger partial charge < -0.3 is 10.4 Å². The lowest BCUT2D eigenvalue weighted by molar-refractivity contribution is 0.0719. The molecule has 0 bridgehead atoms. The summed E-state index contributed by atoms with van der Waals surface area (Å²) in [5.41, 5.74) is 0.421.